The molecule has 2 atom stereocenters. The normalized spacial score (nSPS) is 12.8. The van der Waals surface area contributed by atoms with E-state index >= 15 is 0 Å². The summed E-state index contributed by atoms with van der Waals surface area (Å²) in [6.07, 6.45) is 11.1. The van der Waals surface area contributed by atoms with Gasteiger partial charge in [0.2, 0.25) is 53.2 Å². The van der Waals surface area contributed by atoms with Gasteiger partial charge in [0.1, 0.15) is 21.4 Å². The van der Waals surface area contributed by atoms with Gasteiger partial charge in [-0.3, -0.25) is 66.4 Å². The van der Waals surface area contributed by atoms with E-state index in [2.05, 4.69) is 244 Å². The highest BCUT2D eigenvalue weighted by molar-refractivity contribution is 7.90. The van der Waals surface area contributed by atoms with Gasteiger partial charge < -0.3 is 75.7 Å². The van der Waals surface area contributed by atoms with Crippen LogP contribution in [0, 0.1) is 65.0 Å². The van der Waals surface area contributed by atoms with Crippen LogP contribution in [0.2, 0.25) is 0 Å². The molecule has 0 aliphatic heterocycles. The van der Waals surface area contributed by atoms with Crippen LogP contribution in [-0.2, 0) is 94.4 Å². The van der Waals surface area contributed by atoms with Gasteiger partial charge in [0.15, 0.2) is 0 Å². The van der Waals surface area contributed by atoms with Crippen molar-refractivity contribution < 1.29 is 103 Å². The van der Waals surface area contributed by atoms with Gasteiger partial charge >= 0.3 is 22.8 Å². The van der Waals surface area contributed by atoms with Gasteiger partial charge in [-0.05, 0) is 147 Å². The highest BCUT2D eigenvalue weighted by atomic mass is 32.2. The van der Waals surface area contributed by atoms with E-state index in [1.165, 1.54) is 0 Å². The predicted molar refractivity (Wildman–Crippen MR) is 586 cm³/mol. The van der Waals surface area contributed by atoms with E-state index in [0.29, 0.717) is 103 Å². The number of ketones is 2. The first kappa shape index (κ1) is 158. The zero-order valence-corrected chi connectivity index (χ0v) is 102. The molecule has 140 heavy (non-hydrogen) atoms. The molecule has 35 heteroatoms. The van der Waals surface area contributed by atoms with Crippen molar-refractivity contribution in [2.45, 2.75) is 441 Å². The Labute approximate surface area is 858 Å². The number of carbonyl (C=O) groups is 11. The minimum atomic E-state index is -3.53. The van der Waals surface area contributed by atoms with Crippen LogP contribution in [0.1, 0.15) is 435 Å². The predicted octanol–water partition coefficient (Wildman–Crippen LogP) is 22.5. The molecular formula is C105H222N9O22P3S. The van der Waals surface area contributed by atoms with Crippen LogP contribution in [0.25, 0.3) is 0 Å². The number of hydrogen-bond acceptors (Lipinski definition) is 20. The fraction of sp³-hybridized carbons (Fsp3) is 0.895. The second-order valence-electron chi connectivity index (χ2n) is 50.8. The van der Waals surface area contributed by atoms with Crippen molar-refractivity contribution in [3.8, 4) is 0 Å². The Balaban J connectivity index is -0.000000146. The molecule has 0 saturated carbocycles. The molecule has 0 radical (unpaired) electrons. The molecule has 0 aromatic rings. The van der Waals surface area contributed by atoms with E-state index in [0.717, 1.165) is 58.2 Å². The van der Waals surface area contributed by atoms with E-state index in [9.17, 15) is 84.6 Å². The third-order valence-electron chi connectivity index (χ3n) is 15.6. The van der Waals surface area contributed by atoms with Gasteiger partial charge in [-0.25, -0.2) is 8.42 Å². The van der Waals surface area contributed by atoms with Crippen LogP contribution in [0.3, 0.4) is 0 Å². The molecule has 0 aliphatic rings. The molecule has 0 aromatic heterocycles. The minimum Gasteiger partial charge on any atom is -0.356 e. The number of sulfone groups is 1. The van der Waals surface area contributed by atoms with Crippen LogP contribution >= 0.6 is 22.8 Å². The van der Waals surface area contributed by atoms with Crippen molar-refractivity contribution in [3.05, 3.63) is 0 Å². The first-order valence-electron chi connectivity index (χ1n) is 50.6. The van der Waals surface area contributed by atoms with Crippen molar-refractivity contribution in [2.75, 3.05) is 109 Å². The zero-order chi connectivity index (χ0) is 114. The van der Waals surface area contributed by atoms with Crippen LogP contribution in [0.4, 0.5) is 0 Å². The smallest absolute Gasteiger partial charge is 0.332 e. The summed E-state index contributed by atoms with van der Waals surface area (Å²) in [5.74, 6) is 1.08. The van der Waals surface area contributed by atoms with Gasteiger partial charge in [0.25, 0.3) is 0 Å². The third-order valence-corrected chi connectivity index (χ3v) is 21.5. The van der Waals surface area contributed by atoms with Gasteiger partial charge in [0.05, 0.1) is 50.7 Å². The maximum absolute atomic E-state index is 12.1. The molecule has 0 aliphatic carbocycles. The molecule has 0 spiro atoms. The summed E-state index contributed by atoms with van der Waals surface area (Å²) in [4.78, 5) is 142. The standard InChI is InChI=1S/C12H26NO4P.C11H22O.C10H22NO4P.C10H21NO.C10H21O4P.C9H19NO3S.3C9H19NO.2C8H17NO/c1-6-16-18(15,17-7-2)9-8-13-11(14)10-12(3,4)5;1-10(2,3)7-9(12)8-11(4,5)6;1-5-15-16(13,14)7-6-11-9(12)8-10(2,3)4;1-9(2,3)7-8(12)11-10(4,5)6;1-5-14-15(12,13)7-6-9(11)8-10(2,3)4;1-9(2,3)7-8(11)10-5-6-14(4,12)13;3*1-5-6-10-8(11)7-9(2,3)4;2*1-5-9-7(10)6-8(2,3)4/h6-10H2,1-5H3,(H,13,14);7-8H2,1-6H3;5-8H2,1-4H3,(H,11,12)(H,13,14);7H2,1-6H3,(H,11,12);5-8H2,1-4H3,(H,12,13);5-7H2,1-4H3,(H,10,11);3*5-7H2,1-4H3,(H,10,11);2*5-6H2,1-4H3,(H,9,10). The summed E-state index contributed by atoms with van der Waals surface area (Å²) in [7, 11) is -13.1. The molecule has 31 nitrogen and oxygen atoms in total. The zero-order valence-electron chi connectivity index (χ0n) is 98.9. The number of nitrogens with one attached hydrogen (secondary N) is 9. The summed E-state index contributed by atoms with van der Waals surface area (Å²) in [5.41, 5.74) is 0.548. The minimum absolute atomic E-state index is 0.00286. The van der Waals surface area contributed by atoms with Crippen LogP contribution in [-0.4, -0.2) is 198 Å². The molecular weight excluding hydrogens is 1860 g/mol. The number of hydrogen-bond donors (Lipinski definition) is 11. The number of Topliss-reactive ketones (excluding diaryl/α,β-unsaturated/α-hetero) is 2. The molecule has 0 rings (SSSR count). The van der Waals surface area contributed by atoms with Crippen molar-refractivity contribution in [2.24, 2.45) is 65.0 Å². The van der Waals surface area contributed by atoms with Crippen molar-refractivity contribution in [1.29, 1.82) is 0 Å². The molecule has 0 bridgehead atoms. The maximum atomic E-state index is 12.1. The lowest BCUT2D eigenvalue weighted by Crippen LogP contribution is -2.41. The Morgan fingerprint density at radius 1 is 0.250 bits per heavy atom. The summed E-state index contributed by atoms with van der Waals surface area (Å²) >= 11 is 0. The fourth-order valence-corrected chi connectivity index (χ4v) is 14.8. The lowest BCUT2D eigenvalue weighted by Gasteiger charge is -2.24. The molecule has 9 amide bonds. The molecule has 0 aromatic carbocycles. The Hall–Kier alpha value is -5.03. The topological polar surface area (TPSA) is 459 Å². The molecule has 840 valence electrons. The van der Waals surface area contributed by atoms with E-state index in [4.69, 9.17) is 9.05 Å². The Morgan fingerprint density at radius 2 is 0.443 bits per heavy atom. The molecule has 0 heterocycles. The summed E-state index contributed by atoms with van der Waals surface area (Å²) in [5, 5.41) is 24.9. The van der Waals surface area contributed by atoms with Crippen molar-refractivity contribution >= 4 is 97.4 Å². The van der Waals surface area contributed by atoms with Crippen molar-refractivity contribution in [1.82, 2.24) is 47.9 Å². The highest BCUT2D eigenvalue weighted by Gasteiger charge is 2.29. The Morgan fingerprint density at radius 3 is 0.643 bits per heavy atom. The van der Waals surface area contributed by atoms with E-state index < -0.39 is 32.6 Å². The van der Waals surface area contributed by atoms with Gasteiger partial charge in [-0.2, -0.15) is 0 Å². The van der Waals surface area contributed by atoms with Gasteiger partial charge in [-0.1, -0.05) is 270 Å². The third kappa shape index (κ3) is 158. The number of carbonyl (C=O) groups excluding carboxylic acids is 11. The Kier molecular flexibility index (Phi) is 87.1. The number of rotatable bonds is 40. The van der Waals surface area contributed by atoms with Gasteiger partial charge in [-0.15, -0.1) is 0 Å². The highest BCUT2D eigenvalue weighted by Crippen LogP contribution is 2.47. The molecule has 2 unspecified atom stereocenters. The molecule has 0 saturated heterocycles. The molecule has 0 fully saturated rings. The molecule has 11 N–H and O–H groups in total. The maximum Gasteiger partial charge on any atom is 0.332 e. The lowest BCUT2D eigenvalue weighted by atomic mass is 9.83. The van der Waals surface area contributed by atoms with E-state index in [1.807, 2.05) is 118 Å². The SMILES string of the molecule is CC(C)(C)CC(=O)CC(C)(C)C.CC(C)(C)CC(=O)NC(C)(C)C.CC(C)(C)CC(=O)NCCS(C)(=O)=O.CCCNC(=O)CC(C)(C)C.CCCNC(=O)CC(C)(C)C.CCCNC(=O)CC(C)(C)C.CCNC(=O)CC(C)(C)C.CCNC(=O)CC(C)(C)C.CCOP(=O)(CCNC(=O)CC(C)(C)C)OCC.CCOP(=O)(O)CCC(=O)CC(C)(C)C.CCOP(=O)(O)CCNC(=O)CC(C)(C)C. The fourth-order valence-electron chi connectivity index (χ4n) is 10.8. The average Bonchev–Trinajstić information content (AvgIpc) is 0.908. The summed E-state index contributed by atoms with van der Waals surface area (Å²) in [6, 6.07) is 0. The second-order valence-corrected chi connectivity index (χ2v) is 59.2. The number of amides is 9. The van der Waals surface area contributed by atoms with Gasteiger partial charge in [0, 0.05) is 148 Å². The van der Waals surface area contributed by atoms with E-state index in [1.54, 1.807) is 27.7 Å². The Bertz CT molecular complexity index is 3440. The monoisotopic (exact) mass is 2090 g/mol. The van der Waals surface area contributed by atoms with E-state index in [-0.39, 0.29) is 186 Å². The van der Waals surface area contributed by atoms with Crippen LogP contribution in [0.5, 0.6) is 0 Å². The summed E-state index contributed by atoms with van der Waals surface area (Å²) in [6.45, 7) is 102. The lowest BCUT2D eigenvalue weighted by molar-refractivity contribution is -0.125. The second kappa shape index (κ2) is 77.4. The summed E-state index contributed by atoms with van der Waals surface area (Å²) < 4.78 is 75.7. The van der Waals surface area contributed by atoms with Crippen LogP contribution < -0.4 is 47.9 Å². The van der Waals surface area contributed by atoms with Crippen LogP contribution in [0.15, 0.2) is 0 Å². The average molecular weight is 2090 g/mol. The quantitative estimate of drug-likeness (QED) is 0.0254. The first-order chi connectivity index (χ1) is 62.1. The van der Waals surface area contributed by atoms with Crippen molar-refractivity contribution in [3.63, 3.8) is 0 Å². The largest absolute Gasteiger partial charge is 0.356 e. The first-order valence-corrected chi connectivity index (χ1v) is 57.9.